The van der Waals surface area contributed by atoms with Crippen LogP contribution in [0.2, 0.25) is 0 Å². The molecule has 9 heteroatoms. The molecule has 35 heavy (non-hydrogen) atoms. The van der Waals surface area contributed by atoms with Crippen LogP contribution >= 0.6 is 0 Å². The Bertz CT molecular complexity index is 1290. The lowest BCUT2D eigenvalue weighted by atomic mass is 10.2. The lowest BCUT2D eigenvalue weighted by Gasteiger charge is -2.12. The summed E-state index contributed by atoms with van der Waals surface area (Å²) < 4.78 is 44.3. The van der Waals surface area contributed by atoms with Crippen molar-refractivity contribution < 1.29 is 27.4 Å². The summed E-state index contributed by atoms with van der Waals surface area (Å²) in [7, 11) is -2.34. The zero-order valence-electron chi connectivity index (χ0n) is 19.8. The van der Waals surface area contributed by atoms with Gasteiger partial charge < -0.3 is 19.5 Å². The van der Waals surface area contributed by atoms with Crippen molar-refractivity contribution in [3.05, 3.63) is 78.4 Å². The van der Waals surface area contributed by atoms with Crippen molar-refractivity contribution in [2.75, 3.05) is 30.4 Å². The van der Waals surface area contributed by atoms with Gasteiger partial charge in [-0.3, -0.25) is 9.52 Å². The summed E-state index contributed by atoms with van der Waals surface area (Å²) in [5, 5.41) is 2.79. The Morgan fingerprint density at radius 1 is 0.886 bits per heavy atom. The summed E-state index contributed by atoms with van der Waals surface area (Å²) in [5.74, 6) is 1.21. The monoisotopic (exact) mass is 496 g/mol. The number of rotatable bonds is 11. The number of anilines is 2. The highest BCUT2D eigenvalue weighted by Crippen LogP contribution is 2.30. The molecule has 0 aliphatic rings. The second kappa shape index (κ2) is 11.9. The fourth-order valence-corrected chi connectivity index (χ4v) is 4.25. The molecule has 3 aromatic rings. The molecule has 0 bridgehead atoms. The molecule has 3 rings (SSSR count). The molecule has 0 heterocycles. The molecule has 0 aliphatic heterocycles. The summed E-state index contributed by atoms with van der Waals surface area (Å²) in [4.78, 5) is 12.6. The third-order valence-electron chi connectivity index (χ3n) is 4.79. The summed E-state index contributed by atoms with van der Waals surface area (Å²) in [6, 6.07) is 18.1. The molecule has 0 fully saturated rings. The SMILES string of the molecule is CCOc1ccc(OCC)c(NC(=O)/C=C/c2ccc(S(=O)(=O)Nc3ccccc3OC)cc2)c1. The van der Waals surface area contributed by atoms with Gasteiger partial charge >= 0.3 is 0 Å². The molecule has 1 amide bonds. The van der Waals surface area contributed by atoms with Crippen LogP contribution in [-0.2, 0) is 14.8 Å². The van der Waals surface area contributed by atoms with E-state index < -0.39 is 10.0 Å². The zero-order valence-corrected chi connectivity index (χ0v) is 20.6. The van der Waals surface area contributed by atoms with Gasteiger partial charge in [0.1, 0.15) is 17.2 Å². The van der Waals surface area contributed by atoms with E-state index in [1.807, 2.05) is 13.8 Å². The second-order valence-corrected chi connectivity index (χ2v) is 8.90. The van der Waals surface area contributed by atoms with E-state index >= 15 is 0 Å². The third-order valence-corrected chi connectivity index (χ3v) is 6.17. The van der Waals surface area contributed by atoms with Gasteiger partial charge in [0.05, 0.1) is 36.6 Å². The standard InChI is InChI=1S/C26H28N2O6S/c1-4-33-20-13-16-25(34-5-2)23(18-20)27-26(29)17-12-19-10-14-21(15-11-19)35(30,31)28-22-8-6-7-9-24(22)32-3/h6-18,28H,4-5H2,1-3H3,(H,27,29)/b17-12+. The minimum atomic E-state index is -3.81. The van der Waals surface area contributed by atoms with Gasteiger partial charge in [0.2, 0.25) is 5.91 Å². The molecular weight excluding hydrogens is 468 g/mol. The Labute approximate surface area is 205 Å². The average Bonchev–Trinajstić information content (AvgIpc) is 2.85. The first-order chi connectivity index (χ1) is 16.9. The Morgan fingerprint density at radius 3 is 2.29 bits per heavy atom. The highest BCUT2D eigenvalue weighted by molar-refractivity contribution is 7.92. The van der Waals surface area contributed by atoms with Gasteiger partial charge in [-0.15, -0.1) is 0 Å². The van der Waals surface area contributed by atoms with Gasteiger partial charge in [-0.1, -0.05) is 24.3 Å². The van der Waals surface area contributed by atoms with Gasteiger partial charge in [0.25, 0.3) is 10.0 Å². The second-order valence-electron chi connectivity index (χ2n) is 7.22. The van der Waals surface area contributed by atoms with Crippen LogP contribution < -0.4 is 24.2 Å². The molecule has 0 spiro atoms. The van der Waals surface area contributed by atoms with Gasteiger partial charge in [0.15, 0.2) is 0 Å². The van der Waals surface area contributed by atoms with E-state index in [2.05, 4.69) is 10.0 Å². The molecule has 3 aromatic carbocycles. The fourth-order valence-electron chi connectivity index (χ4n) is 3.18. The number of nitrogens with one attached hydrogen (secondary N) is 2. The predicted molar refractivity (Wildman–Crippen MR) is 137 cm³/mol. The van der Waals surface area contributed by atoms with Crippen LogP contribution in [0.3, 0.4) is 0 Å². The summed E-state index contributed by atoms with van der Waals surface area (Å²) >= 11 is 0. The van der Waals surface area contributed by atoms with E-state index in [-0.39, 0.29) is 10.8 Å². The van der Waals surface area contributed by atoms with Crippen molar-refractivity contribution in [1.29, 1.82) is 0 Å². The predicted octanol–water partition coefficient (Wildman–Crippen LogP) is 4.95. The van der Waals surface area contributed by atoms with Crippen LogP contribution in [0, 0.1) is 0 Å². The number of hydrogen-bond acceptors (Lipinski definition) is 6. The number of carbonyl (C=O) groups excluding carboxylic acids is 1. The van der Waals surface area contributed by atoms with E-state index in [0.717, 1.165) is 0 Å². The van der Waals surface area contributed by atoms with E-state index in [1.165, 1.54) is 25.3 Å². The number of ether oxygens (including phenoxy) is 3. The van der Waals surface area contributed by atoms with Crippen molar-refractivity contribution in [3.63, 3.8) is 0 Å². The van der Waals surface area contributed by atoms with Crippen molar-refractivity contribution >= 4 is 33.4 Å². The lowest BCUT2D eigenvalue weighted by Crippen LogP contribution is -2.13. The van der Waals surface area contributed by atoms with Gasteiger partial charge in [0, 0.05) is 12.1 Å². The van der Waals surface area contributed by atoms with Crippen LogP contribution in [0.1, 0.15) is 19.4 Å². The average molecular weight is 497 g/mol. The summed E-state index contributed by atoms with van der Waals surface area (Å²) in [5.41, 5.74) is 1.50. The Kier molecular flexibility index (Phi) is 8.74. The van der Waals surface area contributed by atoms with Crippen LogP contribution in [0.4, 0.5) is 11.4 Å². The van der Waals surface area contributed by atoms with Gasteiger partial charge in [-0.05, 0) is 61.9 Å². The Balaban J connectivity index is 1.69. The maximum atomic E-state index is 12.7. The van der Waals surface area contributed by atoms with Crippen LogP contribution in [0.5, 0.6) is 17.2 Å². The van der Waals surface area contributed by atoms with E-state index in [0.29, 0.717) is 47.4 Å². The normalized spacial score (nSPS) is 11.2. The number of hydrogen-bond donors (Lipinski definition) is 2. The summed E-state index contributed by atoms with van der Waals surface area (Å²) in [6.45, 7) is 4.69. The summed E-state index contributed by atoms with van der Waals surface area (Å²) in [6.07, 6.45) is 2.95. The number of carbonyl (C=O) groups is 1. The minimum Gasteiger partial charge on any atom is -0.495 e. The number of benzene rings is 3. The largest absolute Gasteiger partial charge is 0.495 e. The molecular formula is C26H28N2O6S. The van der Waals surface area contributed by atoms with Crippen molar-refractivity contribution in [2.45, 2.75) is 18.7 Å². The van der Waals surface area contributed by atoms with Crippen LogP contribution in [0.15, 0.2) is 77.7 Å². The minimum absolute atomic E-state index is 0.0825. The maximum Gasteiger partial charge on any atom is 0.262 e. The van der Waals surface area contributed by atoms with Crippen LogP contribution in [-0.4, -0.2) is 34.6 Å². The van der Waals surface area contributed by atoms with Crippen molar-refractivity contribution in [2.24, 2.45) is 0 Å². The molecule has 2 N–H and O–H groups in total. The molecule has 0 radical (unpaired) electrons. The first kappa shape index (κ1) is 25.6. The smallest absolute Gasteiger partial charge is 0.262 e. The topological polar surface area (TPSA) is 103 Å². The molecule has 0 aliphatic carbocycles. The highest BCUT2D eigenvalue weighted by atomic mass is 32.2. The molecule has 0 atom stereocenters. The highest BCUT2D eigenvalue weighted by Gasteiger charge is 2.16. The van der Waals surface area contributed by atoms with Crippen molar-refractivity contribution in [1.82, 2.24) is 0 Å². The van der Waals surface area contributed by atoms with E-state index in [1.54, 1.807) is 60.7 Å². The van der Waals surface area contributed by atoms with E-state index in [9.17, 15) is 13.2 Å². The van der Waals surface area contributed by atoms with Gasteiger partial charge in [-0.2, -0.15) is 0 Å². The lowest BCUT2D eigenvalue weighted by molar-refractivity contribution is -0.111. The molecule has 0 saturated carbocycles. The molecule has 0 saturated heterocycles. The zero-order chi connectivity index (χ0) is 25.3. The number of amides is 1. The quantitative estimate of drug-likeness (QED) is 0.364. The maximum absolute atomic E-state index is 12.7. The third kappa shape index (κ3) is 7.00. The first-order valence-corrected chi connectivity index (χ1v) is 12.5. The molecule has 8 nitrogen and oxygen atoms in total. The van der Waals surface area contributed by atoms with Gasteiger partial charge in [-0.25, -0.2) is 8.42 Å². The first-order valence-electron chi connectivity index (χ1n) is 11.0. The van der Waals surface area contributed by atoms with Crippen LogP contribution in [0.25, 0.3) is 6.08 Å². The number of para-hydroxylation sites is 2. The number of sulfonamides is 1. The number of methoxy groups -OCH3 is 1. The molecule has 0 unspecified atom stereocenters. The van der Waals surface area contributed by atoms with Crippen molar-refractivity contribution in [3.8, 4) is 17.2 Å². The fraction of sp³-hybridized carbons (Fsp3) is 0.192. The Hall–Kier alpha value is -3.98. The molecule has 0 aromatic heterocycles. The molecule has 184 valence electrons. The van der Waals surface area contributed by atoms with E-state index in [4.69, 9.17) is 14.2 Å². The Morgan fingerprint density at radius 2 is 1.60 bits per heavy atom.